The summed E-state index contributed by atoms with van der Waals surface area (Å²) in [4.78, 5) is 14.8. The van der Waals surface area contributed by atoms with Crippen LogP contribution in [-0.4, -0.2) is 23.4 Å². The number of amides is 1. The van der Waals surface area contributed by atoms with E-state index in [1.54, 1.807) is 12.1 Å². The molecule has 2 aromatic carbocycles. The van der Waals surface area contributed by atoms with E-state index in [1.165, 1.54) is 70.6 Å². The fourth-order valence-corrected chi connectivity index (χ4v) is 5.85. The highest BCUT2D eigenvalue weighted by molar-refractivity contribution is 5.77. The first-order chi connectivity index (χ1) is 19.1. The average Bonchev–Trinajstić information content (AvgIpc) is 3.43. The van der Waals surface area contributed by atoms with Gasteiger partial charge >= 0.3 is 0 Å². The number of carbonyl (C=O) groups is 1. The molecule has 0 unspecified atom stereocenters. The molecule has 3 rings (SSSR count). The van der Waals surface area contributed by atoms with Crippen LogP contribution in [0.15, 0.2) is 60.7 Å². The minimum absolute atomic E-state index is 0.0697. The molecule has 0 aromatic heterocycles. The maximum Gasteiger partial charge on any atom is 0.274 e. The zero-order valence-corrected chi connectivity index (χ0v) is 24.1. The predicted octanol–water partition coefficient (Wildman–Crippen LogP) is 10.8. The van der Waals surface area contributed by atoms with Crippen LogP contribution in [0.5, 0.6) is 0 Å². The normalized spacial score (nSPS) is 15.1. The Kier molecular flexibility index (Phi) is 14.3. The van der Waals surface area contributed by atoms with Gasteiger partial charge in [-0.15, -0.1) is 0 Å². The molecule has 2 aromatic rings. The highest BCUT2D eigenvalue weighted by atomic mass is 19.3. The average molecular weight is 538 g/mol. The second-order valence-electron chi connectivity index (χ2n) is 11.3. The summed E-state index contributed by atoms with van der Waals surface area (Å²) in [6.45, 7) is 2.95. The van der Waals surface area contributed by atoms with Gasteiger partial charge in [-0.05, 0) is 42.4 Å². The molecule has 0 saturated carbocycles. The van der Waals surface area contributed by atoms with Gasteiger partial charge in [0.2, 0.25) is 5.91 Å². The van der Waals surface area contributed by atoms with E-state index in [4.69, 9.17) is 0 Å². The standard InChI is InChI=1S/C35H49F2NO/c1-2-3-4-5-6-7-8-9-10-11-12-13-17-22-34(39)38-27-18-21-32(38)28-33(35(36)37)31-25-23-30(24-26-31)29-19-15-14-16-20-29/h14-16,19-20,23-26,32H,2-13,17-18,21-22,27-28H2,1H3/t32-/m1/s1. The number of hydrogen-bond donors (Lipinski definition) is 0. The summed E-state index contributed by atoms with van der Waals surface area (Å²) < 4.78 is 28.1. The number of unbranched alkanes of at least 4 members (excludes halogenated alkanes) is 12. The second-order valence-corrected chi connectivity index (χ2v) is 11.3. The summed E-state index contributed by atoms with van der Waals surface area (Å²) in [5.41, 5.74) is 2.69. The molecule has 1 saturated heterocycles. The Labute approximate surface area is 235 Å². The van der Waals surface area contributed by atoms with E-state index in [1.807, 2.05) is 47.4 Å². The topological polar surface area (TPSA) is 20.3 Å². The molecule has 1 fully saturated rings. The van der Waals surface area contributed by atoms with E-state index >= 15 is 0 Å². The van der Waals surface area contributed by atoms with Gasteiger partial charge in [-0.1, -0.05) is 139 Å². The SMILES string of the molecule is CCCCCCCCCCCCCCCC(=O)N1CCC[C@@H]1CC(=C(F)F)c1ccc(-c2ccccc2)cc1. The molecular formula is C35H49F2NO. The van der Waals surface area contributed by atoms with Crippen LogP contribution in [0.2, 0.25) is 0 Å². The van der Waals surface area contributed by atoms with Gasteiger partial charge in [0.15, 0.2) is 0 Å². The molecule has 0 aliphatic carbocycles. The number of rotatable bonds is 18. The van der Waals surface area contributed by atoms with E-state index in [9.17, 15) is 13.6 Å². The first-order valence-electron chi connectivity index (χ1n) is 15.6. The fourth-order valence-electron chi connectivity index (χ4n) is 5.85. The zero-order valence-electron chi connectivity index (χ0n) is 24.1. The lowest BCUT2D eigenvalue weighted by Gasteiger charge is -2.26. The van der Waals surface area contributed by atoms with Crippen LogP contribution >= 0.6 is 0 Å². The van der Waals surface area contributed by atoms with Gasteiger partial charge in [-0.25, -0.2) is 0 Å². The first kappa shape index (κ1) is 31.0. The third-order valence-electron chi connectivity index (χ3n) is 8.20. The number of likely N-dealkylation sites (tertiary alicyclic amines) is 1. The Hall–Kier alpha value is -2.49. The fraction of sp³-hybridized carbons (Fsp3) is 0.571. The van der Waals surface area contributed by atoms with E-state index in [0.29, 0.717) is 18.5 Å². The van der Waals surface area contributed by atoms with Crippen molar-refractivity contribution in [1.29, 1.82) is 0 Å². The molecule has 1 heterocycles. The molecule has 0 bridgehead atoms. The van der Waals surface area contributed by atoms with Crippen molar-refractivity contribution in [3.63, 3.8) is 0 Å². The van der Waals surface area contributed by atoms with Gasteiger partial charge in [-0.2, -0.15) is 8.78 Å². The van der Waals surface area contributed by atoms with Crippen molar-refractivity contribution in [3.8, 4) is 11.1 Å². The zero-order chi connectivity index (χ0) is 27.7. The maximum atomic E-state index is 14.0. The molecule has 2 nitrogen and oxygen atoms in total. The van der Waals surface area contributed by atoms with Gasteiger partial charge in [0.1, 0.15) is 0 Å². The molecule has 0 radical (unpaired) electrons. The van der Waals surface area contributed by atoms with Crippen molar-refractivity contribution < 1.29 is 13.6 Å². The highest BCUT2D eigenvalue weighted by Gasteiger charge is 2.30. The molecule has 214 valence electrons. The minimum Gasteiger partial charge on any atom is -0.339 e. The van der Waals surface area contributed by atoms with Crippen LogP contribution in [0.4, 0.5) is 8.78 Å². The van der Waals surface area contributed by atoms with Gasteiger partial charge in [-0.3, -0.25) is 4.79 Å². The van der Waals surface area contributed by atoms with Crippen molar-refractivity contribution in [2.45, 2.75) is 122 Å². The van der Waals surface area contributed by atoms with E-state index in [2.05, 4.69) is 6.92 Å². The molecule has 0 N–H and O–H groups in total. The maximum absolute atomic E-state index is 14.0. The molecule has 1 aliphatic heterocycles. The van der Waals surface area contributed by atoms with E-state index < -0.39 is 6.08 Å². The van der Waals surface area contributed by atoms with Crippen LogP contribution in [0.25, 0.3) is 16.7 Å². The molecular weight excluding hydrogens is 488 g/mol. The smallest absolute Gasteiger partial charge is 0.274 e. The lowest BCUT2D eigenvalue weighted by atomic mass is 9.96. The Balaban J connectivity index is 1.36. The van der Waals surface area contributed by atoms with Crippen molar-refractivity contribution in [1.82, 2.24) is 4.90 Å². The number of hydrogen-bond acceptors (Lipinski definition) is 1. The third-order valence-corrected chi connectivity index (χ3v) is 8.20. The summed E-state index contributed by atoms with van der Waals surface area (Å²) in [6.07, 6.45) is 17.4. The Morgan fingerprint density at radius 3 is 1.85 bits per heavy atom. The molecule has 1 amide bonds. The monoisotopic (exact) mass is 537 g/mol. The van der Waals surface area contributed by atoms with Crippen LogP contribution in [0.3, 0.4) is 0 Å². The number of halogens is 2. The van der Waals surface area contributed by atoms with Gasteiger partial charge < -0.3 is 4.90 Å². The number of benzene rings is 2. The van der Waals surface area contributed by atoms with Crippen LogP contribution < -0.4 is 0 Å². The van der Waals surface area contributed by atoms with Gasteiger partial charge in [0.25, 0.3) is 6.08 Å². The summed E-state index contributed by atoms with van der Waals surface area (Å²) in [5.74, 6) is 0.138. The molecule has 1 aliphatic rings. The van der Waals surface area contributed by atoms with Crippen LogP contribution in [0.1, 0.15) is 122 Å². The van der Waals surface area contributed by atoms with Crippen LogP contribution in [0, 0.1) is 0 Å². The largest absolute Gasteiger partial charge is 0.339 e. The Morgan fingerprint density at radius 1 is 0.744 bits per heavy atom. The lowest BCUT2D eigenvalue weighted by molar-refractivity contribution is -0.132. The summed E-state index contributed by atoms with van der Waals surface area (Å²) in [7, 11) is 0. The van der Waals surface area contributed by atoms with Crippen molar-refractivity contribution in [2.24, 2.45) is 0 Å². The Morgan fingerprint density at radius 2 is 1.28 bits per heavy atom. The molecule has 1 atom stereocenters. The van der Waals surface area contributed by atoms with E-state index in [-0.39, 0.29) is 23.9 Å². The summed E-state index contributed by atoms with van der Waals surface area (Å²) in [5, 5.41) is 0. The van der Waals surface area contributed by atoms with Crippen molar-refractivity contribution in [3.05, 3.63) is 66.2 Å². The van der Waals surface area contributed by atoms with Gasteiger partial charge in [0, 0.05) is 24.6 Å². The summed E-state index contributed by atoms with van der Waals surface area (Å²) >= 11 is 0. The van der Waals surface area contributed by atoms with Crippen LogP contribution in [-0.2, 0) is 4.79 Å². The Bertz CT molecular complexity index is 981. The molecule has 4 heteroatoms. The first-order valence-corrected chi connectivity index (χ1v) is 15.6. The highest BCUT2D eigenvalue weighted by Crippen LogP contribution is 2.33. The van der Waals surface area contributed by atoms with Crippen molar-refractivity contribution in [2.75, 3.05) is 6.54 Å². The second kappa shape index (κ2) is 18.0. The number of nitrogens with zero attached hydrogens (tertiary/aromatic N) is 1. The predicted molar refractivity (Wildman–Crippen MR) is 161 cm³/mol. The quantitative estimate of drug-likeness (QED) is 0.173. The van der Waals surface area contributed by atoms with Crippen molar-refractivity contribution >= 4 is 11.5 Å². The third kappa shape index (κ3) is 10.9. The minimum atomic E-state index is -1.64. The molecule has 0 spiro atoms. The number of carbonyl (C=O) groups excluding carboxylic acids is 1. The molecule has 39 heavy (non-hydrogen) atoms. The lowest BCUT2D eigenvalue weighted by Crippen LogP contribution is -2.35. The van der Waals surface area contributed by atoms with E-state index in [0.717, 1.165) is 36.8 Å². The van der Waals surface area contributed by atoms with Gasteiger partial charge in [0.05, 0.1) is 0 Å². The summed E-state index contributed by atoms with van der Waals surface area (Å²) in [6, 6.07) is 17.2.